The van der Waals surface area contributed by atoms with E-state index < -0.39 is 0 Å². The van der Waals surface area contributed by atoms with Crippen molar-refractivity contribution in [2.24, 2.45) is 0 Å². The maximum absolute atomic E-state index is 6.84. The fraction of sp³-hybridized carbons (Fsp3) is 0.750. The quantitative estimate of drug-likeness (QED) is 0.316. The lowest BCUT2D eigenvalue weighted by Gasteiger charge is -1.97. The Morgan fingerprint density at radius 1 is 1.86 bits per heavy atom. The Kier molecular flexibility index (Phi) is 3.89. The van der Waals surface area contributed by atoms with Crippen molar-refractivity contribution >= 4 is 18.5 Å². The molecule has 7 heavy (non-hydrogen) atoms. The zero-order valence-corrected chi connectivity index (χ0v) is 5.16. The van der Waals surface area contributed by atoms with Gasteiger partial charge in [0.1, 0.15) is 0 Å². The molecule has 0 fully saturated rings. The molecule has 0 saturated heterocycles. The van der Waals surface area contributed by atoms with E-state index in [0.717, 1.165) is 0 Å². The van der Waals surface area contributed by atoms with Crippen molar-refractivity contribution in [3.05, 3.63) is 0 Å². The molecule has 0 spiro atoms. The molecule has 0 bridgehead atoms. The minimum atomic E-state index is 0.242. The smallest absolute Gasteiger partial charge is 0.190 e. The van der Waals surface area contributed by atoms with Crippen LogP contribution in [0.3, 0.4) is 0 Å². The highest BCUT2D eigenvalue weighted by molar-refractivity contribution is 7.81. The van der Waals surface area contributed by atoms with Crippen LogP contribution in [-0.2, 0) is 4.74 Å². The number of hydrogen-bond acceptors (Lipinski definition) is 3. The predicted molar refractivity (Wildman–Crippen MR) is 33.2 cm³/mol. The second kappa shape index (κ2) is 3.99. The van der Waals surface area contributed by atoms with Gasteiger partial charge in [-0.2, -0.15) is 12.6 Å². The summed E-state index contributed by atoms with van der Waals surface area (Å²) in [7, 11) is 0. The lowest BCUT2D eigenvalue weighted by Crippen LogP contribution is -2.02. The molecular weight excluding hydrogens is 110 g/mol. The minimum absolute atomic E-state index is 0.242. The summed E-state index contributed by atoms with van der Waals surface area (Å²) in [5.41, 5.74) is 0. The number of ether oxygens (including phenoxy) is 1. The van der Waals surface area contributed by atoms with Gasteiger partial charge in [0.15, 0.2) is 5.90 Å². The van der Waals surface area contributed by atoms with Gasteiger partial charge in [0.05, 0.1) is 12.4 Å². The minimum Gasteiger partial charge on any atom is -0.481 e. The number of nitrogens with one attached hydrogen (secondary N) is 1. The van der Waals surface area contributed by atoms with Crippen LogP contribution in [0.5, 0.6) is 0 Å². The van der Waals surface area contributed by atoms with E-state index in [0.29, 0.717) is 12.4 Å². The first-order valence-corrected chi connectivity index (χ1v) is 2.75. The Hall–Kier alpha value is -0.180. The molecule has 0 aliphatic rings. The Bertz CT molecular complexity index is 64.7. The summed E-state index contributed by atoms with van der Waals surface area (Å²) in [5.74, 6) is 0.638. The van der Waals surface area contributed by atoms with Gasteiger partial charge in [0.2, 0.25) is 0 Å². The van der Waals surface area contributed by atoms with Crippen molar-refractivity contribution in [2.75, 3.05) is 12.4 Å². The molecule has 0 radical (unpaired) electrons. The molecule has 0 heterocycles. The SMILES string of the molecule is CCOC(=N)CS. The van der Waals surface area contributed by atoms with Crippen LogP contribution in [0.1, 0.15) is 6.92 Å². The maximum Gasteiger partial charge on any atom is 0.190 e. The lowest BCUT2D eigenvalue weighted by atomic mass is 10.7. The van der Waals surface area contributed by atoms with Crippen molar-refractivity contribution in [2.45, 2.75) is 6.92 Å². The highest BCUT2D eigenvalue weighted by Crippen LogP contribution is 1.79. The van der Waals surface area contributed by atoms with E-state index in [2.05, 4.69) is 12.6 Å². The van der Waals surface area contributed by atoms with Crippen LogP contribution in [0.25, 0.3) is 0 Å². The molecule has 0 atom stereocenters. The summed E-state index contributed by atoms with van der Waals surface area (Å²) in [5, 5.41) is 6.84. The van der Waals surface area contributed by atoms with Crippen LogP contribution >= 0.6 is 12.6 Å². The molecule has 2 nitrogen and oxygen atoms in total. The molecule has 0 aliphatic heterocycles. The van der Waals surface area contributed by atoms with Crippen LogP contribution in [0.4, 0.5) is 0 Å². The number of thiol groups is 1. The summed E-state index contributed by atoms with van der Waals surface area (Å²) in [6.45, 7) is 2.41. The van der Waals surface area contributed by atoms with E-state index >= 15 is 0 Å². The molecule has 0 saturated carbocycles. The molecule has 0 aromatic heterocycles. The average Bonchev–Trinajstić information content (AvgIpc) is 1.68. The standard InChI is InChI=1S/C4H9NOS/c1-2-6-4(5)3-7/h5,7H,2-3H2,1H3. The van der Waals surface area contributed by atoms with Gasteiger partial charge in [0, 0.05) is 0 Å². The van der Waals surface area contributed by atoms with Crippen LogP contribution in [0.2, 0.25) is 0 Å². The number of rotatable bonds is 2. The normalized spacial score (nSPS) is 8.29. The van der Waals surface area contributed by atoms with Gasteiger partial charge >= 0.3 is 0 Å². The van der Waals surface area contributed by atoms with E-state index in [-0.39, 0.29) is 5.90 Å². The summed E-state index contributed by atoms with van der Waals surface area (Å²) < 4.78 is 4.70. The molecule has 0 amide bonds. The second-order valence-electron chi connectivity index (χ2n) is 1.01. The summed E-state index contributed by atoms with van der Waals surface area (Å²) in [4.78, 5) is 0. The largest absolute Gasteiger partial charge is 0.481 e. The van der Waals surface area contributed by atoms with Gasteiger partial charge in [-0.15, -0.1) is 0 Å². The fourth-order valence-electron chi connectivity index (χ4n) is 0.220. The first-order chi connectivity index (χ1) is 3.31. The van der Waals surface area contributed by atoms with Crippen LogP contribution in [-0.4, -0.2) is 18.3 Å². The highest BCUT2D eigenvalue weighted by atomic mass is 32.1. The molecule has 0 aliphatic carbocycles. The zero-order chi connectivity index (χ0) is 5.70. The van der Waals surface area contributed by atoms with Crippen molar-refractivity contribution in [3.63, 3.8) is 0 Å². The molecular formula is C4H9NOS. The highest BCUT2D eigenvalue weighted by Gasteiger charge is 1.86. The van der Waals surface area contributed by atoms with E-state index in [1.165, 1.54) is 0 Å². The summed E-state index contributed by atoms with van der Waals surface area (Å²) in [6.07, 6.45) is 0. The van der Waals surface area contributed by atoms with Gasteiger partial charge < -0.3 is 4.74 Å². The van der Waals surface area contributed by atoms with E-state index in [1.807, 2.05) is 6.92 Å². The molecule has 3 heteroatoms. The zero-order valence-electron chi connectivity index (χ0n) is 4.27. The van der Waals surface area contributed by atoms with Crippen LogP contribution in [0.15, 0.2) is 0 Å². The fourth-order valence-corrected chi connectivity index (χ4v) is 0.311. The Labute approximate surface area is 48.8 Å². The molecule has 0 aromatic rings. The van der Waals surface area contributed by atoms with Crippen molar-refractivity contribution in [1.29, 1.82) is 5.41 Å². The Morgan fingerprint density at radius 2 is 2.43 bits per heavy atom. The number of hydrogen-bond donors (Lipinski definition) is 2. The lowest BCUT2D eigenvalue weighted by molar-refractivity contribution is 0.322. The maximum atomic E-state index is 6.84. The second-order valence-corrected chi connectivity index (χ2v) is 1.33. The predicted octanol–water partition coefficient (Wildman–Crippen LogP) is 0.930. The third-order valence-corrected chi connectivity index (χ3v) is 0.749. The Morgan fingerprint density at radius 3 is 2.57 bits per heavy atom. The third kappa shape index (κ3) is 3.66. The average molecular weight is 119 g/mol. The van der Waals surface area contributed by atoms with Gasteiger partial charge in [-0.25, -0.2) is 0 Å². The first-order valence-electron chi connectivity index (χ1n) is 2.12. The van der Waals surface area contributed by atoms with Gasteiger partial charge in [-0.05, 0) is 6.92 Å². The van der Waals surface area contributed by atoms with E-state index in [4.69, 9.17) is 10.1 Å². The van der Waals surface area contributed by atoms with E-state index in [1.54, 1.807) is 0 Å². The first kappa shape index (κ1) is 6.82. The van der Waals surface area contributed by atoms with Crippen molar-refractivity contribution < 1.29 is 4.74 Å². The molecule has 0 aromatic carbocycles. The van der Waals surface area contributed by atoms with E-state index in [9.17, 15) is 0 Å². The molecule has 0 rings (SSSR count). The summed E-state index contributed by atoms with van der Waals surface area (Å²) >= 11 is 3.80. The molecule has 0 unspecified atom stereocenters. The Balaban J connectivity index is 3.00. The molecule has 42 valence electrons. The summed E-state index contributed by atoms with van der Waals surface area (Å²) in [6, 6.07) is 0. The third-order valence-electron chi connectivity index (χ3n) is 0.462. The van der Waals surface area contributed by atoms with Crippen LogP contribution < -0.4 is 0 Å². The molecule has 1 N–H and O–H groups in total. The topological polar surface area (TPSA) is 33.1 Å². The van der Waals surface area contributed by atoms with Crippen molar-refractivity contribution in [3.8, 4) is 0 Å². The monoisotopic (exact) mass is 119 g/mol. The van der Waals surface area contributed by atoms with Gasteiger partial charge in [-0.1, -0.05) is 0 Å². The van der Waals surface area contributed by atoms with Crippen molar-refractivity contribution in [1.82, 2.24) is 0 Å². The van der Waals surface area contributed by atoms with Gasteiger partial charge in [-0.3, -0.25) is 5.41 Å². The van der Waals surface area contributed by atoms with Crippen LogP contribution in [0, 0.1) is 5.41 Å². The van der Waals surface area contributed by atoms with Gasteiger partial charge in [0.25, 0.3) is 0 Å².